The van der Waals surface area contributed by atoms with E-state index in [1.54, 1.807) is 31.2 Å². The molecular formula is C14H18ClFN2O2. The highest BCUT2D eigenvalue weighted by Gasteiger charge is 2.28. The Morgan fingerprint density at radius 2 is 2.30 bits per heavy atom. The van der Waals surface area contributed by atoms with Gasteiger partial charge in [0, 0.05) is 6.54 Å². The van der Waals surface area contributed by atoms with E-state index in [2.05, 4.69) is 10.6 Å². The van der Waals surface area contributed by atoms with E-state index in [0.717, 1.165) is 0 Å². The third kappa shape index (κ3) is 3.84. The largest absolute Gasteiger partial charge is 0.479 e. The van der Waals surface area contributed by atoms with Crippen LogP contribution in [0.4, 0.5) is 4.39 Å². The van der Waals surface area contributed by atoms with Crippen molar-refractivity contribution in [3.63, 3.8) is 0 Å². The van der Waals surface area contributed by atoms with Crippen molar-refractivity contribution in [2.75, 3.05) is 13.1 Å². The topological polar surface area (TPSA) is 50.4 Å². The molecule has 1 unspecified atom stereocenters. The quantitative estimate of drug-likeness (QED) is 0.893. The molecule has 1 aromatic carbocycles. The summed E-state index contributed by atoms with van der Waals surface area (Å²) < 4.78 is 19.1. The van der Waals surface area contributed by atoms with E-state index in [9.17, 15) is 9.18 Å². The number of nitrogens with one attached hydrogen (secondary N) is 2. The van der Waals surface area contributed by atoms with Gasteiger partial charge < -0.3 is 15.4 Å². The van der Waals surface area contributed by atoms with Crippen molar-refractivity contribution in [3.8, 4) is 5.75 Å². The van der Waals surface area contributed by atoms with Gasteiger partial charge >= 0.3 is 0 Å². The Morgan fingerprint density at radius 1 is 1.55 bits per heavy atom. The number of hydrogen-bond donors (Lipinski definition) is 2. The maximum atomic E-state index is 13.6. The minimum absolute atomic E-state index is 0.269. The molecule has 0 radical (unpaired) electrons. The lowest BCUT2D eigenvalue weighted by Gasteiger charge is -2.28. The molecule has 0 aromatic heterocycles. The molecule has 20 heavy (non-hydrogen) atoms. The van der Waals surface area contributed by atoms with Crippen LogP contribution in [0.3, 0.4) is 0 Å². The van der Waals surface area contributed by atoms with Crippen molar-refractivity contribution in [1.82, 2.24) is 10.6 Å². The molecule has 1 heterocycles. The summed E-state index contributed by atoms with van der Waals surface area (Å²) in [5, 5.41) is 6.07. The summed E-state index contributed by atoms with van der Waals surface area (Å²) in [5.41, 5.74) is 0. The molecule has 0 bridgehead atoms. The van der Waals surface area contributed by atoms with Gasteiger partial charge in [0.15, 0.2) is 6.10 Å². The molecule has 1 aliphatic rings. The smallest absolute Gasteiger partial charge is 0.261 e. The number of halogens is 2. The zero-order valence-corrected chi connectivity index (χ0v) is 12.0. The van der Waals surface area contributed by atoms with Crippen LogP contribution in [-0.4, -0.2) is 37.3 Å². The number of alkyl halides is 1. The fourth-order valence-electron chi connectivity index (χ4n) is 2.07. The molecular weight excluding hydrogens is 283 g/mol. The van der Waals surface area contributed by atoms with Gasteiger partial charge in [-0.15, -0.1) is 0 Å². The predicted molar refractivity (Wildman–Crippen MR) is 75.9 cm³/mol. The molecule has 1 amide bonds. The molecule has 110 valence electrons. The standard InChI is InChI=1S/C14H18ClFN2O2/c1-9(20-13-5-3-2-4-10(13)15)14(19)18-12-6-7-17-8-11(12)16/h2-5,9,11-12,17H,6-8H2,1H3,(H,18,19)/t9?,11-,12-/m0/s1. The van der Waals surface area contributed by atoms with E-state index in [0.29, 0.717) is 23.7 Å². The van der Waals surface area contributed by atoms with E-state index < -0.39 is 18.3 Å². The van der Waals surface area contributed by atoms with Gasteiger partial charge in [0.25, 0.3) is 5.91 Å². The van der Waals surface area contributed by atoms with E-state index >= 15 is 0 Å². The van der Waals surface area contributed by atoms with Crippen LogP contribution in [0.15, 0.2) is 24.3 Å². The lowest BCUT2D eigenvalue weighted by molar-refractivity contribution is -0.128. The summed E-state index contributed by atoms with van der Waals surface area (Å²) in [4.78, 5) is 12.0. The lowest BCUT2D eigenvalue weighted by Crippen LogP contribution is -2.53. The minimum Gasteiger partial charge on any atom is -0.479 e. The van der Waals surface area contributed by atoms with Crippen LogP contribution in [0.1, 0.15) is 13.3 Å². The van der Waals surface area contributed by atoms with Crippen molar-refractivity contribution in [2.24, 2.45) is 0 Å². The summed E-state index contributed by atoms with van der Waals surface area (Å²) in [6.07, 6.45) is -1.22. The van der Waals surface area contributed by atoms with Crippen LogP contribution in [0.5, 0.6) is 5.75 Å². The second-order valence-electron chi connectivity index (χ2n) is 4.81. The third-order valence-electron chi connectivity index (χ3n) is 3.25. The Kier molecular flexibility index (Phi) is 5.20. The number of hydrogen-bond acceptors (Lipinski definition) is 3. The van der Waals surface area contributed by atoms with Gasteiger partial charge in [0.05, 0.1) is 11.1 Å². The van der Waals surface area contributed by atoms with E-state index in [-0.39, 0.29) is 12.5 Å². The maximum Gasteiger partial charge on any atom is 0.261 e. The van der Waals surface area contributed by atoms with Gasteiger partial charge in [-0.05, 0) is 32.0 Å². The summed E-state index contributed by atoms with van der Waals surface area (Å²) >= 11 is 5.96. The molecule has 1 fully saturated rings. The number of benzene rings is 1. The first-order chi connectivity index (χ1) is 9.58. The van der Waals surface area contributed by atoms with Crippen LogP contribution in [-0.2, 0) is 4.79 Å². The Bertz CT molecular complexity index is 472. The summed E-state index contributed by atoms with van der Waals surface area (Å²) in [7, 11) is 0. The summed E-state index contributed by atoms with van der Waals surface area (Å²) in [6, 6.07) is 6.47. The second-order valence-corrected chi connectivity index (χ2v) is 5.22. The van der Waals surface area contributed by atoms with Gasteiger partial charge in [-0.25, -0.2) is 4.39 Å². The molecule has 2 N–H and O–H groups in total. The molecule has 1 saturated heterocycles. The van der Waals surface area contributed by atoms with Crippen LogP contribution < -0.4 is 15.4 Å². The zero-order valence-electron chi connectivity index (χ0n) is 11.2. The molecule has 0 saturated carbocycles. The first-order valence-corrected chi connectivity index (χ1v) is 7.02. The van der Waals surface area contributed by atoms with Crippen LogP contribution in [0, 0.1) is 0 Å². The lowest BCUT2D eigenvalue weighted by atomic mass is 10.0. The van der Waals surface area contributed by atoms with Crippen molar-refractivity contribution < 1.29 is 13.9 Å². The first kappa shape index (κ1) is 15.1. The van der Waals surface area contributed by atoms with Crippen molar-refractivity contribution in [1.29, 1.82) is 0 Å². The van der Waals surface area contributed by atoms with E-state index in [1.807, 2.05) is 0 Å². The third-order valence-corrected chi connectivity index (χ3v) is 3.56. The van der Waals surface area contributed by atoms with Crippen molar-refractivity contribution in [3.05, 3.63) is 29.3 Å². The highest BCUT2D eigenvalue weighted by atomic mass is 35.5. The van der Waals surface area contributed by atoms with Gasteiger partial charge in [-0.3, -0.25) is 4.79 Å². The molecule has 0 spiro atoms. The van der Waals surface area contributed by atoms with E-state index in [4.69, 9.17) is 16.3 Å². The number of rotatable bonds is 4. The summed E-state index contributed by atoms with van der Waals surface area (Å²) in [6.45, 7) is 2.59. The second kappa shape index (κ2) is 6.90. The van der Waals surface area contributed by atoms with Crippen molar-refractivity contribution >= 4 is 17.5 Å². The van der Waals surface area contributed by atoms with Gasteiger partial charge in [-0.2, -0.15) is 0 Å². The Balaban J connectivity index is 1.90. The summed E-state index contributed by atoms with van der Waals surface area (Å²) in [5.74, 6) is 0.110. The van der Waals surface area contributed by atoms with Crippen molar-refractivity contribution in [2.45, 2.75) is 31.7 Å². The predicted octanol–water partition coefficient (Wildman–Crippen LogP) is 1.92. The van der Waals surface area contributed by atoms with Gasteiger partial charge in [0.2, 0.25) is 0 Å². The molecule has 6 heteroatoms. The number of ether oxygens (including phenoxy) is 1. The molecule has 0 aliphatic carbocycles. The fourth-order valence-corrected chi connectivity index (χ4v) is 2.25. The van der Waals surface area contributed by atoms with E-state index in [1.165, 1.54) is 0 Å². The number of piperidine rings is 1. The molecule has 4 nitrogen and oxygen atoms in total. The average molecular weight is 301 g/mol. The van der Waals surface area contributed by atoms with Crippen LogP contribution >= 0.6 is 11.6 Å². The monoisotopic (exact) mass is 300 g/mol. The Hall–Kier alpha value is -1.33. The number of para-hydroxylation sites is 1. The molecule has 2 rings (SSSR count). The zero-order chi connectivity index (χ0) is 14.5. The molecule has 1 aromatic rings. The van der Waals surface area contributed by atoms with Crippen LogP contribution in [0.25, 0.3) is 0 Å². The minimum atomic E-state index is -1.07. The normalized spacial score (nSPS) is 23.9. The van der Waals surface area contributed by atoms with Gasteiger partial charge in [-0.1, -0.05) is 23.7 Å². The Morgan fingerprint density at radius 3 is 3.00 bits per heavy atom. The maximum absolute atomic E-state index is 13.6. The highest BCUT2D eigenvalue weighted by molar-refractivity contribution is 6.32. The number of amides is 1. The molecule has 3 atom stereocenters. The highest BCUT2D eigenvalue weighted by Crippen LogP contribution is 2.24. The SMILES string of the molecule is CC(Oc1ccccc1Cl)C(=O)N[C@H]1CCNC[C@@H]1F. The average Bonchev–Trinajstić information content (AvgIpc) is 2.43. The number of carbonyl (C=O) groups excluding carboxylic acids is 1. The first-order valence-electron chi connectivity index (χ1n) is 6.64. The van der Waals surface area contributed by atoms with Gasteiger partial charge in [0.1, 0.15) is 11.9 Å². The molecule has 1 aliphatic heterocycles. The van der Waals surface area contributed by atoms with Crippen LogP contribution in [0.2, 0.25) is 5.02 Å². The number of carbonyl (C=O) groups is 1. The Labute approximate surface area is 122 Å². The fraction of sp³-hybridized carbons (Fsp3) is 0.500.